The second-order valence-corrected chi connectivity index (χ2v) is 8.89. The Morgan fingerprint density at radius 2 is 1.78 bits per heavy atom. The van der Waals surface area contributed by atoms with Crippen molar-refractivity contribution in [2.75, 3.05) is 18.4 Å². The number of nitrogens with zero attached hydrogens (tertiary/aromatic N) is 3. The van der Waals surface area contributed by atoms with E-state index < -0.39 is 6.04 Å². The number of likely N-dealkylation sites (tertiary alicyclic amines) is 1. The fourth-order valence-electron chi connectivity index (χ4n) is 5.53. The Kier molecular flexibility index (Phi) is 4.16. The molecular formula is C25H25N5O2. The van der Waals surface area contributed by atoms with Crippen molar-refractivity contribution >= 4 is 17.5 Å². The first kappa shape index (κ1) is 19.1. The Balaban J connectivity index is 1.20. The van der Waals surface area contributed by atoms with Gasteiger partial charge in [-0.3, -0.25) is 14.6 Å². The highest BCUT2D eigenvalue weighted by atomic mass is 16.2. The van der Waals surface area contributed by atoms with E-state index in [0.29, 0.717) is 18.7 Å². The summed E-state index contributed by atoms with van der Waals surface area (Å²) in [7, 11) is 0. The van der Waals surface area contributed by atoms with Crippen molar-refractivity contribution < 1.29 is 9.59 Å². The van der Waals surface area contributed by atoms with Crippen LogP contribution in [-0.2, 0) is 10.3 Å². The van der Waals surface area contributed by atoms with Crippen LogP contribution in [0.4, 0.5) is 5.69 Å². The highest BCUT2D eigenvalue weighted by molar-refractivity contribution is 5.99. The average Bonchev–Trinajstić information content (AvgIpc) is 3.41. The molecule has 1 saturated heterocycles. The molecule has 7 nitrogen and oxygen atoms in total. The van der Waals surface area contributed by atoms with Crippen LogP contribution in [0.2, 0.25) is 0 Å². The number of aromatic nitrogens is 1. The van der Waals surface area contributed by atoms with Crippen LogP contribution in [-0.4, -0.2) is 39.4 Å². The van der Waals surface area contributed by atoms with Gasteiger partial charge in [0.15, 0.2) is 0 Å². The minimum absolute atomic E-state index is 0.0383. The Labute approximate surface area is 186 Å². The van der Waals surface area contributed by atoms with E-state index in [2.05, 4.69) is 46.4 Å². The molecule has 3 aliphatic rings. The van der Waals surface area contributed by atoms with Gasteiger partial charge in [0, 0.05) is 30.5 Å². The lowest BCUT2D eigenvalue weighted by molar-refractivity contribution is -0.133. The van der Waals surface area contributed by atoms with Gasteiger partial charge in [0.1, 0.15) is 0 Å². The van der Waals surface area contributed by atoms with E-state index >= 15 is 0 Å². The van der Waals surface area contributed by atoms with Gasteiger partial charge in [0.25, 0.3) is 5.91 Å². The number of hydrazine groups is 1. The Bertz CT molecular complexity index is 1220. The molecule has 2 amide bonds. The summed E-state index contributed by atoms with van der Waals surface area (Å²) < 4.78 is 2.26. The number of nitrogens with one attached hydrogen (secondary N) is 1. The van der Waals surface area contributed by atoms with E-state index in [4.69, 9.17) is 5.84 Å². The van der Waals surface area contributed by atoms with Gasteiger partial charge in [-0.1, -0.05) is 30.3 Å². The average molecular weight is 428 g/mol. The summed E-state index contributed by atoms with van der Waals surface area (Å²) in [5.74, 6) is 5.87. The van der Waals surface area contributed by atoms with Crippen molar-refractivity contribution in [3.8, 4) is 5.69 Å². The minimum Gasteiger partial charge on any atom is -0.372 e. The molecule has 4 heterocycles. The first-order valence-electron chi connectivity index (χ1n) is 11.1. The van der Waals surface area contributed by atoms with Gasteiger partial charge in [-0.2, -0.15) is 0 Å². The highest BCUT2D eigenvalue weighted by Crippen LogP contribution is 2.43. The van der Waals surface area contributed by atoms with Crippen molar-refractivity contribution in [2.24, 2.45) is 5.84 Å². The number of piperidine rings is 1. The molecule has 1 unspecified atom stereocenters. The molecule has 162 valence electrons. The molecule has 0 aliphatic carbocycles. The van der Waals surface area contributed by atoms with Crippen LogP contribution in [0.5, 0.6) is 0 Å². The summed E-state index contributed by atoms with van der Waals surface area (Å²) in [6.07, 6.45) is 3.96. The molecule has 3 aliphatic heterocycles. The van der Waals surface area contributed by atoms with Crippen molar-refractivity contribution in [2.45, 2.75) is 30.8 Å². The molecule has 7 heteroatoms. The second-order valence-electron chi connectivity index (χ2n) is 8.89. The maximum absolute atomic E-state index is 13.2. The summed E-state index contributed by atoms with van der Waals surface area (Å²) in [6.45, 7) is 1.32. The largest absolute Gasteiger partial charge is 0.372 e. The molecule has 2 aromatic carbocycles. The van der Waals surface area contributed by atoms with Crippen molar-refractivity contribution in [3.05, 3.63) is 83.7 Å². The third-order valence-electron chi connectivity index (χ3n) is 7.23. The predicted octanol–water partition coefficient (Wildman–Crippen LogP) is 3.18. The van der Waals surface area contributed by atoms with Crippen molar-refractivity contribution in [1.29, 1.82) is 0 Å². The molecule has 0 saturated carbocycles. The number of hydrogen-bond donors (Lipinski definition) is 2. The number of carbonyl (C=O) groups excluding carboxylic acids is 2. The van der Waals surface area contributed by atoms with Gasteiger partial charge in [-0.25, -0.2) is 5.84 Å². The van der Waals surface area contributed by atoms with Gasteiger partial charge in [-0.15, -0.1) is 0 Å². The Morgan fingerprint density at radius 1 is 1.03 bits per heavy atom. The molecule has 1 fully saturated rings. The first-order valence-corrected chi connectivity index (χ1v) is 11.1. The van der Waals surface area contributed by atoms with E-state index in [9.17, 15) is 9.59 Å². The molecule has 1 aromatic heterocycles. The summed E-state index contributed by atoms with van der Waals surface area (Å²) >= 11 is 0. The van der Waals surface area contributed by atoms with Crippen LogP contribution < -0.4 is 11.2 Å². The maximum Gasteiger partial charge on any atom is 0.268 e. The number of para-hydroxylation sites is 2. The lowest BCUT2D eigenvalue weighted by atomic mass is 9.82. The minimum atomic E-state index is -0.404. The zero-order valence-corrected chi connectivity index (χ0v) is 17.7. The molecule has 32 heavy (non-hydrogen) atoms. The first-order chi connectivity index (χ1) is 15.6. The molecule has 0 radical (unpaired) electrons. The van der Waals surface area contributed by atoms with E-state index in [1.807, 2.05) is 29.2 Å². The van der Waals surface area contributed by atoms with Gasteiger partial charge in [0.05, 0.1) is 29.4 Å². The van der Waals surface area contributed by atoms with Crippen molar-refractivity contribution in [3.63, 3.8) is 0 Å². The smallest absolute Gasteiger partial charge is 0.268 e. The molecule has 0 bridgehead atoms. The second kappa shape index (κ2) is 6.97. The quantitative estimate of drug-likeness (QED) is 0.486. The van der Waals surface area contributed by atoms with Gasteiger partial charge < -0.3 is 14.8 Å². The van der Waals surface area contributed by atoms with E-state index in [-0.39, 0.29) is 23.8 Å². The predicted molar refractivity (Wildman–Crippen MR) is 121 cm³/mol. The molecule has 3 N–H and O–H groups in total. The highest BCUT2D eigenvalue weighted by Gasteiger charge is 2.43. The molecule has 1 atom stereocenters. The van der Waals surface area contributed by atoms with E-state index in [1.54, 1.807) is 6.07 Å². The number of hydrogen-bond acceptors (Lipinski definition) is 4. The van der Waals surface area contributed by atoms with Crippen LogP contribution in [0.3, 0.4) is 0 Å². The Hall–Kier alpha value is -3.58. The lowest BCUT2D eigenvalue weighted by Gasteiger charge is -2.46. The fourth-order valence-corrected chi connectivity index (χ4v) is 5.53. The normalized spacial score (nSPS) is 20.5. The van der Waals surface area contributed by atoms with Gasteiger partial charge in [0.2, 0.25) is 5.91 Å². The molecule has 3 aromatic rings. The zero-order valence-electron chi connectivity index (χ0n) is 17.7. The number of amides is 2. The molecule has 6 rings (SSSR count). The Morgan fingerprint density at radius 3 is 2.62 bits per heavy atom. The van der Waals surface area contributed by atoms with Crippen molar-refractivity contribution in [1.82, 2.24) is 14.5 Å². The monoisotopic (exact) mass is 427 g/mol. The number of anilines is 1. The summed E-state index contributed by atoms with van der Waals surface area (Å²) in [4.78, 5) is 27.5. The zero-order chi connectivity index (χ0) is 21.9. The molecular weight excluding hydrogens is 402 g/mol. The SMILES string of the molecule is NN1C(=O)c2ccccc2C1CC(=O)N1CCC2(CC1)Nc1ccccc1-n1cccc12. The number of fused-ring (bicyclic) bond motifs is 5. The van der Waals surface area contributed by atoms with Crippen LogP contribution in [0.15, 0.2) is 66.9 Å². The maximum atomic E-state index is 13.2. The van der Waals surface area contributed by atoms with Crippen LogP contribution >= 0.6 is 0 Å². The number of carbonyl (C=O) groups is 2. The van der Waals surface area contributed by atoms with Gasteiger partial charge >= 0.3 is 0 Å². The van der Waals surface area contributed by atoms with Crippen LogP contribution in [0.25, 0.3) is 5.69 Å². The standard InChI is InChI=1S/C25H25N5O2/c26-30-21(17-6-1-2-7-18(17)24(30)32)16-23(31)28-14-11-25(12-15-28)22-10-5-13-29(22)20-9-4-3-8-19(20)27-25/h1-10,13,21,27H,11-12,14-16,26H2. The summed E-state index contributed by atoms with van der Waals surface area (Å²) in [5.41, 5.74) is 4.76. The van der Waals surface area contributed by atoms with Crippen LogP contribution in [0.1, 0.15) is 46.9 Å². The van der Waals surface area contributed by atoms with Gasteiger partial charge in [-0.05, 0) is 48.7 Å². The number of rotatable bonds is 2. The topological polar surface area (TPSA) is 83.6 Å². The summed E-state index contributed by atoms with van der Waals surface area (Å²) in [5, 5.41) is 4.99. The fraction of sp³-hybridized carbons (Fsp3) is 0.280. The lowest BCUT2D eigenvalue weighted by Crippen LogP contribution is -2.51. The third kappa shape index (κ3) is 2.71. The molecule has 1 spiro atoms. The summed E-state index contributed by atoms with van der Waals surface area (Å²) in [6, 6.07) is 19.6. The number of nitrogens with two attached hydrogens (primary N) is 1. The third-order valence-corrected chi connectivity index (χ3v) is 7.23. The van der Waals surface area contributed by atoms with E-state index in [0.717, 1.165) is 29.8 Å². The van der Waals surface area contributed by atoms with Crippen LogP contribution in [0, 0.1) is 0 Å². The van der Waals surface area contributed by atoms with E-state index in [1.165, 1.54) is 10.7 Å². The number of benzene rings is 2.